The fourth-order valence-electron chi connectivity index (χ4n) is 1.62. The normalized spacial score (nSPS) is 11.4. The number of aliphatic carboxylic acids is 1. The minimum absolute atomic E-state index is 0.109. The molecule has 112 valence electrons. The van der Waals surface area contributed by atoms with Gasteiger partial charge in [-0.25, -0.2) is 13.1 Å². The molecule has 1 rings (SSSR count). The molecule has 7 heteroatoms. The lowest BCUT2D eigenvalue weighted by molar-refractivity contribution is -0.136. The Labute approximate surface area is 123 Å². The molecule has 20 heavy (non-hydrogen) atoms. The number of carboxylic acids is 1. The summed E-state index contributed by atoms with van der Waals surface area (Å²) in [7, 11) is -3.50. The first-order valence-electron chi connectivity index (χ1n) is 6.25. The molecule has 0 radical (unpaired) electrons. The summed E-state index contributed by atoms with van der Waals surface area (Å²) in [5.41, 5.74) is 0.580. The Morgan fingerprint density at radius 2 is 1.90 bits per heavy atom. The molecule has 0 aromatic heterocycles. The van der Waals surface area contributed by atoms with E-state index in [4.69, 9.17) is 5.11 Å². The van der Waals surface area contributed by atoms with Crippen LogP contribution in [0.5, 0.6) is 0 Å². The predicted molar refractivity (Wildman–Crippen MR) is 80.6 cm³/mol. The van der Waals surface area contributed by atoms with Crippen LogP contribution in [0, 0.1) is 0 Å². The molecule has 0 fully saturated rings. The number of carboxylic acid groups (broad SMARTS) is 1. The molecule has 0 saturated heterocycles. The average Bonchev–Trinajstić information content (AvgIpc) is 2.38. The fraction of sp³-hybridized carbons (Fsp3) is 0.462. The Morgan fingerprint density at radius 3 is 2.45 bits per heavy atom. The standard InChI is InChI=1S/C13H19NO4S2/c1-19-9-3-2-8-14-20(17,18)12-6-4-11(5-7-12)10-13(15)16/h4-7,14H,2-3,8-10H2,1H3,(H,15,16). The van der Waals surface area contributed by atoms with Crippen LogP contribution in [0.4, 0.5) is 0 Å². The second kappa shape index (κ2) is 8.28. The van der Waals surface area contributed by atoms with Crippen molar-refractivity contribution in [2.24, 2.45) is 0 Å². The van der Waals surface area contributed by atoms with Crippen molar-refractivity contribution in [3.05, 3.63) is 29.8 Å². The highest BCUT2D eigenvalue weighted by atomic mass is 32.2. The number of benzene rings is 1. The van der Waals surface area contributed by atoms with Gasteiger partial charge in [-0.05, 0) is 42.5 Å². The lowest BCUT2D eigenvalue weighted by Gasteiger charge is -2.07. The largest absolute Gasteiger partial charge is 0.481 e. The zero-order chi connectivity index (χ0) is 15.0. The van der Waals surface area contributed by atoms with E-state index >= 15 is 0 Å². The van der Waals surface area contributed by atoms with Crippen molar-refractivity contribution in [3.8, 4) is 0 Å². The number of sulfonamides is 1. The van der Waals surface area contributed by atoms with Crippen molar-refractivity contribution in [2.45, 2.75) is 24.2 Å². The number of hydrogen-bond acceptors (Lipinski definition) is 4. The first kappa shape index (κ1) is 17.0. The minimum Gasteiger partial charge on any atom is -0.481 e. The van der Waals surface area contributed by atoms with Crippen LogP contribution in [0.2, 0.25) is 0 Å². The van der Waals surface area contributed by atoms with E-state index in [2.05, 4.69) is 4.72 Å². The van der Waals surface area contributed by atoms with Gasteiger partial charge in [0.15, 0.2) is 0 Å². The van der Waals surface area contributed by atoms with Crippen LogP contribution in [-0.2, 0) is 21.2 Å². The SMILES string of the molecule is CSCCCCNS(=O)(=O)c1ccc(CC(=O)O)cc1. The number of thioether (sulfide) groups is 1. The van der Waals surface area contributed by atoms with Crippen LogP contribution in [0.15, 0.2) is 29.2 Å². The maximum Gasteiger partial charge on any atom is 0.307 e. The molecule has 0 aliphatic rings. The van der Waals surface area contributed by atoms with Gasteiger partial charge in [0.1, 0.15) is 0 Å². The third kappa shape index (κ3) is 5.94. The summed E-state index contributed by atoms with van der Waals surface area (Å²) in [4.78, 5) is 10.7. The predicted octanol–water partition coefficient (Wildman–Crippen LogP) is 1.74. The van der Waals surface area contributed by atoms with E-state index in [-0.39, 0.29) is 11.3 Å². The van der Waals surface area contributed by atoms with Crippen LogP contribution >= 0.6 is 11.8 Å². The maximum absolute atomic E-state index is 12.0. The van der Waals surface area contributed by atoms with Crippen LogP contribution in [0.25, 0.3) is 0 Å². The minimum atomic E-state index is -3.50. The Morgan fingerprint density at radius 1 is 1.25 bits per heavy atom. The average molecular weight is 317 g/mol. The van der Waals surface area contributed by atoms with Gasteiger partial charge in [-0.15, -0.1) is 0 Å². The maximum atomic E-state index is 12.0. The van der Waals surface area contributed by atoms with E-state index in [0.717, 1.165) is 18.6 Å². The lowest BCUT2D eigenvalue weighted by atomic mass is 10.2. The first-order chi connectivity index (χ1) is 9.45. The number of hydrogen-bond donors (Lipinski definition) is 2. The van der Waals surface area contributed by atoms with Crippen LogP contribution in [0.3, 0.4) is 0 Å². The van der Waals surface area contributed by atoms with Crippen molar-refractivity contribution >= 4 is 27.8 Å². The molecule has 0 unspecified atom stereocenters. The van der Waals surface area contributed by atoms with E-state index in [1.165, 1.54) is 24.3 Å². The summed E-state index contributed by atoms with van der Waals surface area (Å²) < 4.78 is 26.5. The lowest BCUT2D eigenvalue weighted by Crippen LogP contribution is -2.24. The van der Waals surface area contributed by atoms with Gasteiger partial charge in [0.05, 0.1) is 11.3 Å². The van der Waals surface area contributed by atoms with Gasteiger partial charge < -0.3 is 5.11 Å². The van der Waals surface area contributed by atoms with Gasteiger partial charge in [-0.2, -0.15) is 11.8 Å². The zero-order valence-electron chi connectivity index (χ0n) is 11.3. The number of unbranched alkanes of at least 4 members (excludes halogenated alkanes) is 1. The molecule has 1 aromatic carbocycles. The molecule has 0 saturated carbocycles. The Bertz CT molecular complexity index is 526. The van der Waals surface area contributed by atoms with Crippen molar-refractivity contribution in [1.29, 1.82) is 0 Å². The smallest absolute Gasteiger partial charge is 0.307 e. The third-order valence-corrected chi connectivity index (χ3v) is 4.83. The van der Waals surface area contributed by atoms with Crippen LogP contribution < -0.4 is 4.72 Å². The molecule has 5 nitrogen and oxygen atoms in total. The van der Waals surface area contributed by atoms with E-state index in [1.807, 2.05) is 6.26 Å². The molecule has 0 heterocycles. The summed E-state index contributed by atoms with van der Waals surface area (Å²) >= 11 is 1.74. The first-order valence-corrected chi connectivity index (χ1v) is 9.13. The molecule has 0 atom stereocenters. The summed E-state index contributed by atoms with van der Waals surface area (Å²) in [6.45, 7) is 0.416. The topological polar surface area (TPSA) is 83.5 Å². The fourth-order valence-corrected chi connectivity index (χ4v) is 3.19. The van der Waals surface area contributed by atoms with Gasteiger partial charge in [0.25, 0.3) is 0 Å². The molecule has 2 N–H and O–H groups in total. The third-order valence-electron chi connectivity index (χ3n) is 2.66. The van der Waals surface area contributed by atoms with Crippen molar-refractivity contribution in [1.82, 2.24) is 4.72 Å². The molecule has 0 aliphatic carbocycles. The molecule has 0 bridgehead atoms. The van der Waals surface area contributed by atoms with Crippen molar-refractivity contribution < 1.29 is 18.3 Å². The molecular weight excluding hydrogens is 298 g/mol. The quantitative estimate of drug-likeness (QED) is 0.678. The Hall–Kier alpha value is -1.05. The van der Waals surface area contributed by atoms with Crippen molar-refractivity contribution in [2.75, 3.05) is 18.6 Å². The zero-order valence-corrected chi connectivity index (χ0v) is 13.0. The number of nitrogens with one attached hydrogen (secondary N) is 1. The summed E-state index contributed by atoms with van der Waals surface area (Å²) in [5.74, 6) is 0.0820. The second-order valence-corrected chi connectivity index (χ2v) is 7.06. The highest BCUT2D eigenvalue weighted by Crippen LogP contribution is 2.11. The highest BCUT2D eigenvalue weighted by Gasteiger charge is 2.13. The highest BCUT2D eigenvalue weighted by molar-refractivity contribution is 7.98. The van der Waals surface area contributed by atoms with E-state index in [1.54, 1.807) is 11.8 Å². The Balaban J connectivity index is 2.56. The van der Waals surface area contributed by atoms with E-state index in [9.17, 15) is 13.2 Å². The molecular formula is C13H19NO4S2. The number of rotatable bonds is 9. The van der Waals surface area contributed by atoms with Crippen LogP contribution in [-0.4, -0.2) is 38.0 Å². The molecule has 0 aliphatic heterocycles. The molecule has 0 amide bonds. The monoisotopic (exact) mass is 317 g/mol. The van der Waals surface area contributed by atoms with E-state index in [0.29, 0.717) is 12.1 Å². The van der Waals surface area contributed by atoms with Gasteiger partial charge >= 0.3 is 5.97 Å². The van der Waals surface area contributed by atoms with Gasteiger partial charge in [-0.3, -0.25) is 4.79 Å². The molecule has 1 aromatic rings. The summed E-state index contributed by atoms with van der Waals surface area (Å²) in [6, 6.07) is 5.91. The van der Waals surface area contributed by atoms with Gasteiger partial charge in [0, 0.05) is 6.54 Å². The van der Waals surface area contributed by atoms with Gasteiger partial charge in [0.2, 0.25) is 10.0 Å². The van der Waals surface area contributed by atoms with Crippen LogP contribution in [0.1, 0.15) is 18.4 Å². The Kier molecular flexibility index (Phi) is 7.04. The van der Waals surface area contributed by atoms with Crippen molar-refractivity contribution in [3.63, 3.8) is 0 Å². The van der Waals surface area contributed by atoms with E-state index < -0.39 is 16.0 Å². The van der Waals surface area contributed by atoms with Gasteiger partial charge in [-0.1, -0.05) is 12.1 Å². The molecule has 0 spiro atoms. The summed E-state index contributed by atoms with van der Waals surface area (Å²) in [5, 5.41) is 8.65. The number of carbonyl (C=O) groups is 1. The summed E-state index contributed by atoms with van der Waals surface area (Å²) in [6.07, 6.45) is 3.68. The second-order valence-electron chi connectivity index (χ2n) is 4.31.